The summed E-state index contributed by atoms with van der Waals surface area (Å²) in [6, 6.07) is 0. The average molecular weight is 354 g/mol. The highest BCUT2D eigenvalue weighted by Gasteiger charge is 2.39. The van der Waals surface area contributed by atoms with Gasteiger partial charge in [0.05, 0.1) is 18.3 Å². The molecule has 0 radical (unpaired) electrons. The first-order chi connectivity index (χ1) is 12.0. The molecule has 1 aliphatic rings. The summed E-state index contributed by atoms with van der Waals surface area (Å²) < 4.78 is 0. The standard InChI is InChI=1S/C20H35NO4/c1-2-3-6-9-15(22)12-13-17-16(18(23)14-19(17)24)10-7-4-5-8-11-20(21)25/h4,7,12-13,15-19,22-24H,2-3,5-6,8-11,14H2,1H3,(H2,21,25)/b7-4-,13-12+/t15-,16-,17-,18+,19-/m1/s1. The first-order valence-corrected chi connectivity index (χ1v) is 9.61. The van der Waals surface area contributed by atoms with Crippen molar-refractivity contribution >= 4 is 5.91 Å². The number of unbranched alkanes of at least 4 members (excludes halogenated alkanes) is 3. The van der Waals surface area contributed by atoms with E-state index in [0.717, 1.165) is 38.5 Å². The van der Waals surface area contributed by atoms with Crippen molar-refractivity contribution in [3.8, 4) is 0 Å². The van der Waals surface area contributed by atoms with E-state index in [-0.39, 0.29) is 17.7 Å². The van der Waals surface area contributed by atoms with E-state index in [1.807, 2.05) is 18.2 Å². The van der Waals surface area contributed by atoms with Gasteiger partial charge in [-0.1, -0.05) is 50.5 Å². The number of primary amides is 1. The Bertz CT molecular complexity index is 435. The largest absolute Gasteiger partial charge is 0.393 e. The molecule has 1 fully saturated rings. The van der Waals surface area contributed by atoms with Gasteiger partial charge in [-0.25, -0.2) is 0 Å². The number of carbonyl (C=O) groups is 1. The van der Waals surface area contributed by atoms with Gasteiger partial charge in [0.25, 0.3) is 0 Å². The minimum absolute atomic E-state index is 0.0403. The van der Waals surface area contributed by atoms with E-state index in [2.05, 4.69) is 6.92 Å². The molecule has 0 bridgehead atoms. The zero-order valence-corrected chi connectivity index (χ0v) is 15.4. The van der Waals surface area contributed by atoms with Crippen molar-refractivity contribution in [1.82, 2.24) is 0 Å². The molecule has 1 rings (SSSR count). The first kappa shape index (κ1) is 21.9. The maximum atomic E-state index is 10.7. The molecule has 0 aliphatic heterocycles. The number of carbonyl (C=O) groups excluding carboxylic acids is 1. The second-order valence-electron chi connectivity index (χ2n) is 7.13. The third kappa shape index (κ3) is 8.66. The van der Waals surface area contributed by atoms with E-state index in [1.165, 1.54) is 0 Å². The summed E-state index contributed by atoms with van der Waals surface area (Å²) in [5.74, 6) is -0.460. The number of hydrogen-bond acceptors (Lipinski definition) is 4. The number of nitrogens with two attached hydrogens (primary N) is 1. The second kappa shape index (κ2) is 12.2. The van der Waals surface area contributed by atoms with E-state index in [1.54, 1.807) is 6.08 Å². The van der Waals surface area contributed by atoms with E-state index >= 15 is 0 Å². The number of rotatable bonds is 12. The Morgan fingerprint density at radius 1 is 1.20 bits per heavy atom. The van der Waals surface area contributed by atoms with Crippen molar-refractivity contribution in [2.45, 2.75) is 83.0 Å². The van der Waals surface area contributed by atoms with Crippen LogP contribution < -0.4 is 5.73 Å². The van der Waals surface area contributed by atoms with Gasteiger partial charge in [-0.05, 0) is 31.6 Å². The molecule has 5 N–H and O–H groups in total. The molecule has 1 aliphatic carbocycles. The van der Waals surface area contributed by atoms with Crippen LogP contribution in [0, 0.1) is 11.8 Å². The Morgan fingerprint density at radius 2 is 1.96 bits per heavy atom. The summed E-state index contributed by atoms with van der Waals surface area (Å²) in [5.41, 5.74) is 5.10. The Hall–Kier alpha value is -1.17. The van der Waals surface area contributed by atoms with Gasteiger partial charge in [-0.2, -0.15) is 0 Å². The highest BCUT2D eigenvalue weighted by molar-refractivity contribution is 5.73. The minimum Gasteiger partial charge on any atom is -0.393 e. The van der Waals surface area contributed by atoms with Gasteiger partial charge in [-0.3, -0.25) is 4.79 Å². The van der Waals surface area contributed by atoms with E-state index < -0.39 is 18.3 Å². The van der Waals surface area contributed by atoms with Crippen molar-refractivity contribution in [2.24, 2.45) is 17.6 Å². The molecular formula is C20H35NO4. The molecule has 0 unspecified atom stereocenters. The first-order valence-electron chi connectivity index (χ1n) is 9.61. The Balaban J connectivity index is 2.46. The van der Waals surface area contributed by atoms with Gasteiger partial charge in [0.15, 0.2) is 0 Å². The smallest absolute Gasteiger partial charge is 0.217 e. The van der Waals surface area contributed by atoms with Crippen LogP contribution in [0.3, 0.4) is 0 Å². The Labute approximate surface area is 151 Å². The lowest BCUT2D eigenvalue weighted by Gasteiger charge is -2.19. The molecule has 144 valence electrons. The van der Waals surface area contributed by atoms with Crippen molar-refractivity contribution in [1.29, 1.82) is 0 Å². The molecule has 0 spiro atoms. The highest BCUT2D eigenvalue weighted by atomic mass is 16.3. The molecule has 5 nitrogen and oxygen atoms in total. The summed E-state index contributed by atoms with van der Waals surface area (Å²) in [6.07, 6.45) is 13.0. The third-order valence-electron chi connectivity index (χ3n) is 4.94. The van der Waals surface area contributed by atoms with Crippen LogP contribution in [0.5, 0.6) is 0 Å². The summed E-state index contributed by atoms with van der Waals surface area (Å²) in [7, 11) is 0. The van der Waals surface area contributed by atoms with Crippen LogP contribution in [0.15, 0.2) is 24.3 Å². The van der Waals surface area contributed by atoms with Gasteiger partial charge in [0.1, 0.15) is 0 Å². The molecule has 5 atom stereocenters. The lowest BCUT2D eigenvalue weighted by Crippen LogP contribution is -2.20. The Morgan fingerprint density at radius 3 is 2.64 bits per heavy atom. The molecule has 1 saturated carbocycles. The fourth-order valence-electron chi connectivity index (χ4n) is 3.43. The van der Waals surface area contributed by atoms with Crippen molar-refractivity contribution in [2.75, 3.05) is 0 Å². The van der Waals surface area contributed by atoms with Gasteiger partial charge in [-0.15, -0.1) is 0 Å². The van der Waals surface area contributed by atoms with Gasteiger partial charge in [0, 0.05) is 18.8 Å². The van der Waals surface area contributed by atoms with Crippen LogP contribution in [-0.4, -0.2) is 39.5 Å². The van der Waals surface area contributed by atoms with Crippen molar-refractivity contribution in [3.05, 3.63) is 24.3 Å². The van der Waals surface area contributed by atoms with Gasteiger partial charge < -0.3 is 21.1 Å². The summed E-state index contributed by atoms with van der Waals surface area (Å²) in [5, 5.41) is 30.4. The zero-order valence-electron chi connectivity index (χ0n) is 15.4. The molecule has 0 aromatic rings. The van der Waals surface area contributed by atoms with Gasteiger partial charge in [0.2, 0.25) is 5.91 Å². The zero-order chi connectivity index (χ0) is 18.7. The number of allylic oxidation sites excluding steroid dienone is 2. The van der Waals surface area contributed by atoms with E-state index in [9.17, 15) is 20.1 Å². The Kier molecular flexibility index (Phi) is 10.7. The molecular weight excluding hydrogens is 318 g/mol. The predicted molar refractivity (Wildman–Crippen MR) is 99.7 cm³/mol. The monoisotopic (exact) mass is 353 g/mol. The van der Waals surface area contributed by atoms with Crippen LogP contribution in [-0.2, 0) is 4.79 Å². The van der Waals surface area contributed by atoms with Gasteiger partial charge >= 0.3 is 0 Å². The highest BCUT2D eigenvalue weighted by Crippen LogP contribution is 2.36. The number of amides is 1. The maximum Gasteiger partial charge on any atom is 0.217 e. The number of aliphatic hydroxyl groups excluding tert-OH is 3. The van der Waals surface area contributed by atoms with Crippen molar-refractivity contribution in [3.63, 3.8) is 0 Å². The van der Waals surface area contributed by atoms with Crippen LogP contribution in [0.25, 0.3) is 0 Å². The average Bonchev–Trinajstić information content (AvgIpc) is 2.82. The molecule has 0 aromatic heterocycles. The van der Waals surface area contributed by atoms with Crippen LogP contribution >= 0.6 is 0 Å². The predicted octanol–water partition coefficient (Wildman–Crippen LogP) is 2.44. The molecule has 5 heteroatoms. The molecule has 0 saturated heterocycles. The van der Waals surface area contributed by atoms with Crippen LogP contribution in [0.2, 0.25) is 0 Å². The van der Waals surface area contributed by atoms with Crippen LogP contribution in [0.4, 0.5) is 0 Å². The minimum atomic E-state index is -0.567. The SMILES string of the molecule is CCCCC[C@@H](O)/C=C/[C@@H]1[C@@H](C/C=C\CCCC(N)=O)[C@@H](O)C[C@H]1O. The molecule has 0 heterocycles. The lowest BCUT2D eigenvalue weighted by atomic mass is 9.89. The maximum absolute atomic E-state index is 10.7. The fourth-order valence-corrected chi connectivity index (χ4v) is 3.43. The number of hydrogen-bond donors (Lipinski definition) is 4. The second-order valence-corrected chi connectivity index (χ2v) is 7.13. The summed E-state index contributed by atoms with van der Waals surface area (Å²) in [6.45, 7) is 2.13. The van der Waals surface area contributed by atoms with E-state index in [0.29, 0.717) is 19.3 Å². The van der Waals surface area contributed by atoms with E-state index in [4.69, 9.17) is 5.73 Å². The quantitative estimate of drug-likeness (QED) is 0.319. The topological polar surface area (TPSA) is 104 Å². The molecule has 1 amide bonds. The number of aliphatic hydroxyl groups is 3. The molecule has 0 aromatic carbocycles. The molecule has 25 heavy (non-hydrogen) atoms. The fraction of sp³-hybridized carbons (Fsp3) is 0.750. The lowest BCUT2D eigenvalue weighted by molar-refractivity contribution is -0.118. The normalized spacial score (nSPS) is 28.2. The summed E-state index contributed by atoms with van der Waals surface area (Å²) in [4.78, 5) is 10.7. The van der Waals surface area contributed by atoms with Crippen LogP contribution in [0.1, 0.15) is 64.7 Å². The summed E-state index contributed by atoms with van der Waals surface area (Å²) >= 11 is 0. The third-order valence-corrected chi connectivity index (χ3v) is 4.94. The van der Waals surface area contributed by atoms with Crippen molar-refractivity contribution < 1.29 is 20.1 Å².